The molecule has 0 amide bonds. The van der Waals surface area contributed by atoms with Crippen LogP contribution < -0.4 is 10.2 Å². The standard InChI is InChI=1S/C14H18BrF3N2/c1-3-11-7-19-9(2)8-20(11)13-6-10(14(16,17)18)4-5-12(13)15/h4-6,9,11,19H,3,7-8H2,1-2H3. The predicted octanol–water partition coefficient (Wildman–Crippen LogP) is 4.04. The zero-order valence-corrected chi connectivity index (χ0v) is 13.1. The molecule has 1 aromatic rings. The fraction of sp³-hybridized carbons (Fsp3) is 0.571. The van der Waals surface area contributed by atoms with Crippen LogP contribution in [0.1, 0.15) is 25.8 Å². The van der Waals surface area contributed by atoms with Crippen molar-refractivity contribution in [1.29, 1.82) is 0 Å². The van der Waals surface area contributed by atoms with Crippen LogP contribution in [-0.4, -0.2) is 25.2 Å². The van der Waals surface area contributed by atoms with Crippen LogP contribution in [0.4, 0.5) is 18.9 Å². The van der Waals surface area contributed by atoms with E-state index in [1.165, 1.54) is 12.1 Å². The lowest BCUT2D eigenvalue weighted by atomic mass is 10.1. The summed E-state index contributed by atoms with van der Waals surface area (Å²) in [4.78, 5) is 2.07. The summed E-state index contributed by atoms with van der Waals surface area (Å²) < 4.78 is 39.3. The van der Waals surface area contributed by atoms with E-state index in [0.29, 0.717) is 16.7 Å². The lowest BCUT2D eigenvalue weighted by Crippen LogP contribution is -2.55. The van der Waals surface area contributed by atoms with Crippen LogP contribution in [0, 0.1) is 0 Å². The molecule has 1 aliphatic rings. The third-order valence-electron chi connectivity index (χ3n) is 3.67. The number of benzene rings is 1. The molecular weight excluding hydrogens is 333 g/mol. The van der Waals surface area contributed by atoms with E-state index in [1.54, 1.807) is 0 Å². The monoisotopic (exact) mass is 350 g/mol. The average Bonchev–Trinajstić information content (AvgIpc) is 2.38. The summed E-state index contributed by atoms with van der Waals surface area (Å²) in [5.74, 6) is 0. The summed E-state index contributed by atoms with van der Waals surface area (Å²) in [5.41, 5.74) is 0.0248. The van der Waals surface area contributed by atoms with E-state index in [1.807, 2.05) is 6.92 Å². The minimum absolute atomic E-state index is 0.214. The molecule has 1 heterocycles. The quantitative estimate of drug-likeness (QED) is 0.865. The van der Waals surface area contributed by atoms with E-state index in [2.05, 4.69) is 33.1 Å². The van der Waals surface area contributed by atoms with Gasteiger partial charge in [0.2, 0.25) is 0 Å². The van der Waals surface area contributed by atoms with Crippen molar-refractivity contribution in [2.75, 3.05) is 18.0 Å². The molecule has 1 fully saturated rings. The van der Waals surface area contributed by atoms with Gasteiger partial charge in [0, 0.05) is 29.6 Å². The maximum atomic E-state index is 12.9. The first-order valence-electron chi connectivity index (χ1n) is 6.69. The first-order valence-corrected chi connectivity index (χ1v) is 7.49. The van der Waals surface area contributed by atoms with Crippen molar-refractivity contribution in [2.24, 2.45) is 0 Å². The Labute approximate surface area is 125 Å². The topological polar surface area (TPSA) is 15.3 Å². The maximum Gasteiger partial charge on any atom is 0.416 e. The third kappa shape index (κ3) is 3.28. The molecule has 1 aliphatic heterocycles. The molecule has 6 heteroatoms. The van der Waals surface area contributed by atoms with Crippen LogP contribution in [0.25, 0.3) is 0 Å². The summed E-state index contributed by atoms with van der Waals surface area (Å²) in [7, 11) is 0. The lowest BCUT2D eigenvalue weighted by Gasteiger charge is -2.41. The van der Waals surface area contributed by atoms with Gasteiger partial charge in [-0.2, -0.15) is 13.2 Å². The smallest absolute Gasteiger partial charge is 0.365 e. The van der Waals surface area contributed by atoms with Crippen LogP contribution in [-0.2, 0) is 6.18 Å². The van der Waals surface area contributed by atoms with Gasteiger partial charge < -0.3 is 10.2 Å². The summed E-state index contributed by atoms with van der Waals surface area (Å²) in [5, 5.41) is 3.37. The zero-order valence-electron chi connectivity index (χ0n) is 11.5. The van der Waals surface area contributed by atoms with Crippen LogP contribution >= 0.6 is 15.9 Å². The number of alkyl halides is 3. The SMILES string of the molecule is CCC1CNC(C)CN1c1cc(C(F)(F)F)ccc1Br. The highest BCUT2D eigenvalue weighted by atomic mass is 79.9. The van der Waals surface area contributed by atoms with Crippen LogP contribution in [0.3, 0.4) is 0 Å². The number of halogens is 4. The summed E-state index contributed by atoms with van der Waals surface area (Å²) in [6.07, 6.45) is -3.42. The Morgan fingerprint density at radius 1 is 1.40 bits per heavy atom. The van der Waals surface area contributed by atoms with E-state index >= 15 is 0 Å². The normalized spacial score (nSPS) is 24.0. The van der Waals surface area contributed by atoms with Crippen LogP contribution in [0.2, 0.25) is 0 Å². The number of piperazine rings is 1. The van der Waals surface area contributed by atoms with Gasteiger partial charge >= 0.3 is 6.18 Å². The second kappa shape index (κ2) is 5.93. The number of hydrogen-bond acceptors (Lipinski definition) is 2. The Morgan fingerprint density at radius 3 is 2.70 bits per heavy atom. The van der Waals surface area contributed by atoms with Gasteiger partial charge in [0.25, 0.3) is 0 Å². The van der Waals surface area contributed by atoms with Crippen molar-refractivity contribution >= 4 is 21.6 Å². The van der Waals surface area contributed by atoms with Crippen molar-refractivity contribution in [2.45, 2.75) is 38.5 Å². The summed E-state index contributed by atoms with van der Waals surface area (Å²) in [6.45, 7) is 5.59. The van der Waals surface area contributed by atoms with Crippen molar-refractivity contribution in [3.8, 4) is 0 Å². The maximum absolute atomic E-state index is 12.9. The molecule has 112 valence electrons. The molecule has 0 aromatic heterocycles. The molecule has 0 bridgehead atoms. The molecular formula is C14H18BrF3N2. The molecule has 1 N–H and O–H groups in total. The molecule has 1 saturated heterocycles. The molecule has 2 rings (SSSR count). The molecule has 20 heavy (non-hydrogen) atoms. The highest BCUT2D eigenvalue weighted by Gasteiger charge is 2.33. The first-order chi connectivity index (χ1) is 9.32. The van der Waals surface area contributed by atoms with Gasteiger partial charge in [-0.15, -0.1) is 0 Å². The van der Waals surface area contributed by atoms with Gasteiger partial charge in [-0.05, 0) is 47.5 Å². The van der Waals surface area contributed by atoms with E-state index in [-0.39, 0.29) is 12.1 Å². The Balaban J connectivity index is 2.39. The van der Waals surface area contributed by atoms with E-state index in [9.17, 15) is 13.2 Å². The Hall–Kier alpha value is -0.750. The van der Waals surface area contributed by atoms with Crippen molar-refractivity contribution in [1.82, 2.24) is 5.32 Å². The largest absolute Gasteiger partial charge is 0.416 e. The van der Waals surface area contributed by atoms with Gasteiger partial charge in [0.05, 0.1) is 11.3 Å². The number of nitrogens with one attached hydrogen (secondary N) is 1. The average molecular weight is 351 g/mol. The molecule has 0 saturated carbocycles. The molecule has 0 spiro atoms. The first kappa shape index (κ1) is 15.6. The second-order valence-electron chi connectivity index (χ2n) is 5.19. The van der Waals surface area contributed by atoms with Gasteiger partial charge in [0.1, 0.15) is 0 Å². The summed E-state index contributed by atoms with van der Waals surface area (Å²) >= 11 is 3.38. The second-order valence-corrected chi connectivity index (χ2v) is 6.04. The third-order valence-corrected chi connectivity index (χ3v) is 4.34. The summed E-state index contributed by atoms with van der Waals surface area (Å²) in [6, 6.07) is 4.31. The molecule has 2 atom stereocenters. The van der Waals surface area contributed by atoms with Crippen LogP contribution in [0.15, 0.2) is 22.7 Å². The highest BCUT2D eigenvalue weighted by Crippen LogP contribution is 2.36. The fourth-order valence-corrected chi connectivity index (χ4v) is 3.00. The fourth-order valence-electron chi connectivity index (χ4n) is 2.52. The van der Waals surface area contributed by atoms with Crippen molar-refractivity contribution in [3.05, 3.63) is 28.2 Å². The van der Waals surface area contributed by atoms with E-state index in [0.717, 1.165) is 19.0 Å². The minimum atomic E-state index is -4.31. The predicted molar refractivity (Wildman–Crippen MR) is 78.0 cm³/mol. The van der Waals surface area contributed by atoms with Gasteiger partial charge in [-0.25, -0.2) is 0 Å². The number of anilines is 1. The molecule has 0 radical (unpaired) electrons. The number of rotatable bonds is 2. The Kier molecular flexibility index (Phi) is 4.64. The molecule has 2 unspecified atom stereocenters. The molecule has 2 nitrogen and oxygen atoms in total. The Bertz CT molecular complexity index is 476. The molecule has 0 aliphatic carbocycles. The highest BCUT2D eigenvalue weighted by molar-refractivity contribution is 9.10. The van der Waals surface area contributed by atoms with Crippen molar-refractivity contribution < 1.29 is 13.2 Å². The minimum Gasteiger partial charge on any atom is -0.365 e. The van der Waals surface area contributed by atoms with Gasteiger partial charge in [-0.3, -0.25) is 0 Å². The van der Waals surface area contributed by atoms with Gasteiger partial charge in [0.15, 0.2) is 0 Å². The Morgan fingerprint density at radius 2 is 2.10 bits per heavy atom. The van der Waals surface area contributed by atoms with E-state index < -0.39 is 11.7 Å². The van der Waals surface area contributed by atoms with Crippen molar-refractivity contribution in [3.63, 3.8) is 0 Å². The van der Waals surface area contributed by atoms with Gasteiger partial charge in [-0.1, -0.05) is 6.92 Å². The molecule has 1 aromatic carbocycles. The van der Waals surface area contributed by atoms with Crippen LogP contribution in [0.5, 0.6) is 0 Å². The number of hydrogen-bond donors (Lipinski definition) is 1. The van der Waals surface area contributed by atoms with E-state index in [4.69, 9.17) is 0 Å². The lowest BCUT2D eigenvalue weighted by molar-refractivity contribution is -0.137. The zero-order chi connectivity index (χ0) is 14.9. The number of nitrogens with zero attached hydrogens (tertiary/aromatic N) is 1.